The van der Waals surface area contributed by atoms with Gasteiger partial charge in [-0.25, -0.2) is 0 Å². The second-order valence-corrected chi connectivity index (χ2v) is 5.28. The molecule has 0 spiro atoms. The molecule has 0 saturated heterocycles. The Hall–Kier alpha value is -2.06. The Balaban J connectivity index is 2.64. The van der Waals surface area contributed by atoms with Crippen molar-refractivity contribution >= 4 is 12.0 Å². The Morgan fingerprint density at radius 1 is 1.63 bits per heavy atom. The zero-order valence-electron chi connectivity index (χ0n) is 11.3. The Bertz CT molecular complexity index is 490. The fraction of sp³-hybridized carbons (Fsp3) is 0.429. The van der Waals surface area contributed by atoms with Crippen molar-refractivity contribution in [1.29, 1.82) is 5.26 Å². The second-order valence-electron chi connectivity index (χ2n) is 5.28. The molecule has 1 atom stereocenters. The van der Waals surface area contributed by atoms with E-state index in [1.54, 1.807) is 12.1 Å². The molecular formula is C14H18N2O3. The maximum Gasteiger partial charge on any atom is 0.262 e. The summed E-state index contributed by atoms with van der Waals surface area (Å²) in [5.41, 5.74) is -0.388. The number of carbonyl (C=O) groups excluding carboxylic acids is 1. The maximum absolute atomic E-state index is 11.8. The van der Waals surface area contributed by atoms with E-state index in [-0.39, 0.29) is 17.5 Å². The lowest BCUT2D eigenvalue weighted by atomic mass is 9.89. The third-order valence-corrected chi connectivity index (χ3v) is 2.65. The largest absolute Gasteiger partial charge is 0.465 e. The van der Waals surface area contributed by atoms with Gasteiger partial charge in [-0.1, -0.05) is 20.8 Å². The summed E-state index contributed by atoms with van der Waals surface area (Å²) in [6.45, 7) is 5.70. The number of nitrogens with one attached hydrogen (secondary N) is 1. The van der Waals surface area contributed by atoms with Crippen LogP contribution in [-0.4, -0.2) is 23.7 Å². The van der Waals surface area contributed by atoms with Crippen LogP contribution in [0, 0.1) is 16.7 Å². The number of hydrogen-bond acceptors (Lipinski definition) is 4. The average Bonchev–Trinajstić information content (AvgIpc) is 2.84. The van der Waals surface area contributed by atoms with Crippen LogP contribution in [0.25, 0.3) is 6.08 Å². The molecule has 1 aromatic heterocycles. The van der Waals surface area contributed by atoms with Crippen LogP contribution in [0.15, 0.2) is 28.4 Å². The van der Waals surface area contributed by atoms with E-state index >= 15 is 0 Å². The molecule has 0 fully saturated rings. The summed E-state index contributed by atoms with van der Waals surface area (Å²) in [4.78, 5) is 11.8. The minimum Gasteiger partial charge on any atom is -0.465 e. The molecule has 0 aromatic carbocycles. The van der Waals surface area contributed by atoms with Crippen LogP contribution in [0.4, 0.5) is 0 Å². The summed E-state index contributed by atoms with van der Waals surface area (Å²) in [7, 11) is 0. The predicted octanol–water partition coefficient (Wildman–Crippen LogP) is 1.71. The van der Waals surface area contributed by atoms with Crippen LogP contribution in [0.1, 0.15) is 26.5 Å². The second kappa shape index (κ2) is 6.21. The van der Waals surface area contributed by atoms with Crippen LogP contribution in [0.2, 0.25) is 0 Å². The lowest BCUT2D eigenvalue weighted by Gasteiger charge is -2.25. The number of carbonyl (C=O) groups is 1. The SMILES string of the molecule is CC(C)(C)C(O)CNC(=O)/C(C#N)=C/c1ccco1. The Labute approximate surface area is 112 Å². The summed E-state index contributed by atoms with van der Waals surface area (Å²) in [6, 6.07) is 5.13. The monoisotopic (exact) mass is 262 g/mol. The fourth-order valence-corrected chi connectivity index (χ4v) is 1.26. The van der Waals surface area contributed by atoms with Crippen LogP contribution >= 0.6 is 0 Å². The van der Waals surface area contributed by atoms with Crippen molar-refractivity contribution in [3.63, 3.8) is 0 Å². The number of nitriles is 1. The van der Waals surface area contributed by atoms with Crippen molar-refractivity contribution in [2.75, 3.05) is 6.54 Å². The Morgan fingerprint density at radius 2 is 2.32 bits per heavy atom. The molecular weight excluding hydrogens is 244 g/mol. The number of furan rings is 1. The number of aliphatic hydroxyl groups excluding tert-OH is 1. The van der Waals surface area contributed by atoms with Crippen molar-refractivity contribution < 1.29 is 14.3 Å². The van der Waals surface area contributed by atoms with Crippen LogP contribution in [-0.2, 0) is 4.79 Å². The third-order valence-electron chi connectivity index (χ3n) is 2.65. The van der Waals surface area contributed by atoms with Crippen LogP contribution in [0.3, 0.4) is 0 Å². The van der Waals surface area contributed by atoms with Crippen LogP contribution < -0.4 is 5.32 Å². The summed E-state index contributed by atoms with van der Waals surface area (Å²) >= 11 is 0. The van der Waals surface area contributed by atoms with E-state index in [2.05, 4.69) is 5.32 Å². The summed E-state index contributed by atoms with van der Waals surface area (Å²) < 4.78 is 5.04. The van der Waals surface area contributed by atoms with E-state index in [0.29, 0.717) is 5.76 Å². The first-order chi connectivity index (χ1) is 8.84. The summed E-state index contributed by atoms with van der Waals surface area (Å²) in [6.07, 6.45) is 2.14. The fourth-order valence-electron chi connectivity index (χ4n) is 1.26. The van der Waals surface area contributed by atoms with E-state index in [9.17, 15) is 9.90 Å². The van der Waals surface area contributed by atoms with Gasteiger partial charge in [0.25, 0.3) is 5.91 Å². The predicted molar refractivity (Wildman–Crippen MR) is 70.8 cm³/mol. The average molecular weight is 262 g/mol. The van der Waals surface area contributed by atoms with Crippen molar-refractivity contribution in [3.05, 3.63) is 29.7 Å². The van der Waals surface area contributed by atoms with E-state index in [0.717, 1.165) is 0 Å². The minimum absolute atomic E-state index is 0.0592. The number of amides is 1. The van der Waals surface area contributed by atoms with E-state index < -0.39 is 12.0 Å². The minimum atomic E-state index is -0.681. The zero-order valence-corrected chi connectivity index (χ0v) is 11.3. The molecule has 19 heavy (non-hydrogen) atoms. The molecule has 1 unspecified atom stereocenters. The van der Waals surface area contributed by atoms with Gasteiger partial charge in [0.05, 0.1) is 12.4 Å². The number of rotatable bonds is 4. The lowest BCUT2D eigenvalue weighted by Crippen LogP contribution is -2.39. The van der Waals surface area contributed by atoms with E-state index in [1.807, 2.05) is 26.8 Å². The quantitative estimate of drug-likeness (QED) is 0.639. The highest BCUT2D eigenvalue weighted by atomic mass is 16.3. The first-order valence-corrected chi connectivity index (χ1v) is 5.96. The first-order valence-electron chi connectivity index (χ1n) is 5.96. The number of nitrogens with zero attached hydrogens (tertiary/aromatic N) is 1. The Morgan fingerprint density at radius 3 is 2.79 bits per heavy atom. The molecule has 1 aromatic rings. The highest BCUT2D eigenvalue weighted by Crippen LogP contribution is 2.18. The maximum atomic E-state index is 11.8. The molecule has 1 amide bonds. The summed E-state index contributed by atoms with van der Waals surface area (Å²) in [5, 5.41) is 21.3. The third kappa shape index (κ3) is 4.60. The van der Waals surface area contributed by atoms with E-state index in [1.165, 1.54) is 12.3 Å². The van der Waals surface area contributed by atoms with Gasteiger partial charge in [-0.3, -0.25) is 4.79 Å². The number of aliphatic hydroxyl groups is 1. The first kappa shape index (κ1) is 15.0. The van der Waals surface area contributed by atoms with Crippen LogP contribution in [0.5, 0.6) is 0 Å². The molecule has 5 nitrogen and oxygen atoms in total. The standard InChI is InChI=1S/C14H18N2O3/c1-14(2,3)12(17)9-16-13(18)10(8-15)7-11-5-4-6-19-11/h4-7,12,17H,9H2,1-3H3,(H,16,18)/b10-7+. The van der Waals surface area contributed by atoms with Gasteiger partial charge < -0.3 is 14.8 Å². The molecule has 1 rings (SSSR count). The molecule has 5 heteroatoms. The highest BCUT2D eigenvalue weighted by Gasteiger charge is 2.23. The van der Waals surface area contributed by atoms with Crippen molar-refractivity contribution in [1.82, 2.24) is 5.32 Å². The smallest absolute Gasteiger partial charge is 0.262 e. The molecule has 0 bridgehead atoms. The molecule has 2 N–H and O–H groups in total. The van der Waals surface area contributed by atoms with Gasteiger partial charge >= 0.3 is 0 Å². The Kier molecular flexibility index (Phi) is 4.90. The molecule has 102 valence electrons. The van der Waals surface area contributed by atoms with Gasteiger partial charge in [-0.2, -0.15) is 5.26 Å². The van der Waals surface area contributed by atoms with Gasteiger partial charge in [0.15, 0.2) is 0 Å². The van der Waals surface area contributed by atoms with Gasteiger partial charge in [0.1, 0.15) is 17.4 Å². The van der Waals surface area contributed by atoms with Gasteiger partial charge in [-0.15, -0.1) is 0 Å². The zero-order chi connectivity index (χ0) is 14.5. The van der Waals surface area contributed by atoms with E-state index in [4.69, 9.17) is 9.68 Å². The van der Waals surface area contributed by atoms with Gasteiger partial charge in [-0.05, 0) is 17.5 Å². The molecule has 1 heterocycles. The molecule has 0 saturated carbocycles. The van der Waals surface area contributed by atoms with Crippen molar-refractivity contribution in [2.45, 2.75) is 26.9 Å². The topological polar surface area (TPSA) is 86.3 Å². The van der Waals surface area contributed by atoms with Crippen molar-refractivity contribution in [2.24, 2.45) is 5.41 Å². The highest BCUT2D eigenvalue weighted by molar-refractivity contribution is 6.01. The molecule has 0 aliphatic carbocycles. The molecule has 0 aliphatic heterocycles. The number of hydrogen-bond donors (Lipinski definition) is 2. The normalized spacial score (nSPS) is 13.7. The van der Waals surface area contributed by atoms with Gasteiger partial charge in [0, 0.05) is 12.6 Å². The lowest BCUT2D eigenvalue weighted by molar-refractivity contribution is -0.117. The summed E-state index contributed by atoms with van der Waals surface area (Å²) in [5.74, 6) is -0.0923. The van der Waals surface area contributed by atoms with Gasteiger partial charge in [0.2, 0.25) is 0 Å². The molecule has 0 radical (unpaired) electrons. The molecule has 0 aliphatic rings. The van der Waals surface area contributed by atoms with Crippen molar-refractivity contribution in [3.8, 4) is 6.07 Å².